The molecule has 7 heteroatoms. The smallest absolute Gasteiger partial charge is 0.174 e. The number of halogens is 1. The average Bonchev–Trinajstić information content (AvgIpc) is 2.90. The third-order valence-electron chi connectivity index (χ3n) is 3.32. The summed E-state index contributed by atoms with van der Waals surface area (Å²) in [6, 6.07) is 9.32. The van der Waals surface area contributed by atoms with Crippen LogP contribution in [0.3, 0.4) is 0 Å². The van der Waals surface area contributed by atoms with Crippen LogP contribution in [0.1, 0.15) is 11.4 Å². The van der Waals surface area contributed by atoms with E-state index in [2.05, 4.69) is 20.4 Å². The molecule has 0 radical (unpaired) electrons. The summed E-state index contributed by atoms with van der Waals surface area (Å²) in [6.07, 6.45) is 3.36. The van der Waals surface area contributed by atoms with Gasteiger partial charge in [-0.1, -0.05) is 17.7 Å². The first kappa shape index (κ1) is 16.3. The first-order chi connectivity index (χ1) is 11.6. The molecule has 0 aliphatic heterocycles. The van der Waals surface area contributed by atoms with Crippen LogP contribution >= 0.6 is 11.6 Å². The molecule has 1 N–H and O–H groups in total. The van der Waals surface area contributed by atoms with Gasteiger partial charge >= 0.3 is 0 Å². The van der Waals surface area contributed by atoms with Gasteiger partial charge in [0.2, 0.25) is 0 Å². The van der Waals surface area contributed by atoms with Crippen molar-refractivity contribution in [1.29, 1.82) is 0 Å². The lowest BCUT2D eigenvalue weighted by atomic mass is 10.3. The summed E-state index contributed by atoms with van der Waals surface area (Å²) in [4.78, 5) is 8.74. The average molecular weight is 344 g/mol. The molecule has 1 aromatic carbocycles. The van der Waals surface area contributed by atoms with Crippen LogP contribution in [-0.4, -0.2) is 32.9 Å². The van der Waals surface area contributed by atoms with E-state index in [0.717, 1.165) is 17.1 Å². The van der Waals surface area contributed by atoms with Crippen LogP contribution in [-0.2, 0) is 0 Å². The molecule has 124 valence electrons. The number of ether oxygens (including phenoxy) is 1. The van der Waals surface area contributed by atoms with Gasteiger partial charge in [0.25, 0.3) is 0 Å². The van der Waals surface area contributed by atoms with E-state index in [1.807, 2.05) is 38.1 Å². The Morgan fingerprint density at radius 2 is 2.08 bits per heavy atom. The number of rotatable bonds is 6. The van der Waals surface area contributed by atoms with Crippen LogP contribution in [0.5, 0.6) is 5.75 Å². The number of nitrogens with zero attached hydrogens (tertiary/aromatic N) is 4. The summed E-state index contributed by atoms with van der Waals surface area (Å²) in [7, 11) is 0. The van der Waals surface area contributed by atoms with Crippen LogP contribution in [0, 0.1) is 13.8 Å². The van der Waals surface area contributed by atoms with Gasteiger partial charge in [-0.15, -0.1) is 0 Å². The van der Waals surface area contributed by atoms with Crippen molar-refractivity contribution in [2.75, 3.05) is 18.5 Å². The van der Waals surface area contributed by atoms with Gasteiger partial charge in [0.1, 0.15) is 18.2 Å². The highest BCUT2D eigenvalue weighted by molar-refractivity contribution is 6.30. The van der Waals surface area contributed by atoms with Crippen LogP contribution in [0.4, 0.5) is 5.82 Å². The summed E-state index contributed by atoms with van der Waals surface area (Å²) in [5, 5.41) is 8.26. The Morgan fingerprint density at radius 1 is 1.21 bits per heavy atom. The van der Waals surface area contributed by atoms with Crippen molar-refractivity contribution in [2.24, 2.45) is 0 Å². The van der Waals surface area contributed by atoms with Gasteiger partial charge in [-0.2, -0.15) is 5.10 Å². The van der Waals surface area contributed by atoms with E-state index in [0.29, 0.717) is 29.8 Å². The molecule has 0 atom stereocenters. The number of hydrogen-bond acceptors (Lipinski definition) is 5. The number of nitrogens with one attached hydrogen (secondary N) is 1. The molecule has 2 aromatic heterocycles. The van der Waals surface area contributed by atoms with Gasteiger partial charge in [-0.25, -0.2) is 9.67 Å². The molecule has 0 unspecified atom stereocenters. The minimum absolute atomic E-state index is 0.492. The molecule has 2 heterocycles. The zero-order chi connectivity index (χ0) is 16.9. The second kappa shape index (κ2) is 7.31. The SMILES string of the molecule is Cc1cc(C)n(-c2cncc(NCCOc3cccc(Cl)c3)n2)n1. The molecular weight excluding hydrogens is 326 g/mol. The number of benzene rings is 1. The Hall–Kier alpha value is -2.60. The van der Waals surface area contributed by atoms with Crippen LogP contribution in [0.25, 0.3) is 5.82 Å². The fourth-order valence-electron chi connectivity index (χ4n) is 2.31. The normalized spacial score (nSPS) is 10.6. The molecule has 3 aromatic rings. The summed E-state index contributed by atoms with van der Waals surface area (Å²) >= 11 is 5.92. The van der Waals surface area contributed by atoms with Gasteiger partial charge in [-0.3, -0.25) is 4.98 Å². The number of hydrogen-bond donors (Lipinski definition) is 1. The van der Waals surface area contributed by atoms with Crippen molar-refractivity contribution < 1.29 is 4.74 Å². The maximum Gasteiger partial charge on any atom is 0.174 e. The molecule has 6 nitrogen and oxygen atoms in total. The molecule has 0 amide bonds. The summed E-state index contributed by atoms with van der Waals surface area (Å²) in [5.74, 6) is 2.10. The Kier molecular flexibility index (Phi) is 4.96. The topological polar surface area (TPSA) is 64.9 Å². The van der Waals surface area contributed by atoms with Crippen LogP contribution in [0.15, 0.2) is 42.7 Å². The number of aromatic nitrogens is 4. The first-order valence-corrected chi connectivity index (χ1v) is 7.97. The molecule has 0 bridgehead atoms. The van der Waals surface area contributed by atoms with Crippen molar-refractivity contribution in [3.05, 3.63) is 59.1 Å². The Balaban J connectivity index is 1.58. The van der Waals surface area contributed by atoms with Gasteiger partial charge in [0, 0.05) is 10.7 Å². The molecule has 0 saturated heterocycles. The van der Waals surface area contributed by atoms with Crippen molar-refractivity contribution in [3.8, 4) is 11.6 Å². The van der Waals surface area contributed by atoms with Gasteiger partial charge in [-0.05, 0) is 38.1 Å². The maximum absolute atomic E-state index is 5.92. The van der Waals surface area contributed by atoms with E-state index >= 15 is 0 Å². The van der Waals surface area contributed by atoms with Gasteiger partial charge in [0.15, 0.2) is 5.82 Å². The zero-order valence-electron chi connectivity index (χ0n) is 13.5. The lowest BCUT2D eigenvalue weighted by Crippen LogP contribution is -2.13. The van der Waals surface area contributed by atoms with E-state index in [4.69, 9.17) is 16.3 Å². The van der Waals surface area contributed by atoms with E-state index < -0.39 is 0 Å². The monoisotopic (exact) mass is 343 g/mol. The van der Waals surface area contributed by atoms with Crippen molar-refractivity contribution in [2.45, 2.75) is 13.8 Å². The van der Waals surface area contributed by atoms with E-state index in [1.54, 1.807) is 23.1 Å². The fourth-order valence-corrected chi connectivity index (χ4v) is 2.49. The van der Waals surface area contributed by atoms with E-state index in [-0.39, 0.29) is 0 Å². The Labute approximate surface area is 145 Å². The predicted molar refractivity (Wildman–Crippen MR) is 94.1 cm³/mol. The lowest BCUT2D eigenvalue weighted by Gasteiger charge is -2.09. The largest absolute Gasteiger partial charge is 0.492 e. The predicted octanol–water partition coefficient (Wildman–Crippen LogP) is 3.42. The summed E-state index contributed by atoms with van der Waals surface area (Å²) in [6.45, 7) is 5.03. The number of anilines is 1. The molecule has 24 heavy (non-hydrogen) atoms. The summed E-state index contributed by atoms with van der Waals surface area (Å²) in [5.41, 5.74) is 1.96. The molecule has 0 aliphatic carbocycles. The molecule has 0 spiro atoms. The second-order valence-corrected chi connectivity index (χ2v) is 5.77. The van der Waals surface area contributed by atoms with Gasteiger partial charge in [0.05, 0.1) is 24.6 Å². The van der Waals surface area contributed by atoms with Crippen molar-refractivity contribution in [1.82, 2.24) is 19.7 Å². The summed E-state index contributed by atoms with van der Waals surface area (Å²) < 4.78 is 7.41. The highest BCUT2D eigenvalue weighted by atomic mass is 35.5. The van der Waals surface area contributed by atoms with E-state index in [1.165, 1.54) is 0 Å². The van der Waals surface area contributed by atoms with Crippen LogP contribution < -0.4 is 10.1 Å². The maximum atomic E-state index is 5.92. The van der Waals surface area contributed by atoms with Crippen LogP contribution in [0.2, 0.25) is 5.02 Å². The highest BCUT2D eigenvalue weighted by Gasteiger charge is 2.06. The standard InChI is InChI=1S/C17H18ClN5O/c1-12-8-13(2)23(22-12)17-11-19-10-16(21-17)20-6-7-24-15-5-3-4-14(18)9-15/h3-5,8-11H,6-7H2,1-2H3,(H,20,21). The minimum atomic E-state index is 0.492. The third kappa shape index (κ3) is 4.02. The third-order valence-corrected chi connectivity index (χ3v) is 3.56. The van der Waals surface area contributed by atoms with Gasteiger partial charge < -0.3 is 10.1 Å². The molecule has 0 aliphatic rings. The zero-order valence-corrected chi connectivity index (χ0v) is 14.3. The second-order valence-electron chi connectivity index (χ2n) is 5.33. The van der Waals surface area contributed by atoms with Crippen molar-refractivity contribution >= 4 is 17.4 Å². The molecule has 0 fully saturated rings. The molecule has 3 rings (SSSR count). The Morgan fingerprint density at radius 3 is 2.83 bits per heavy atom. The van der Waals surface area contributed by atoms with E-state index in [9.17, 15) is 0 Å². The van der Waals surface area contributed by atoms with Crippen molar-refractivity contribution in [3.63, 3.8) is 0 Å². The Bertz CT molecular complexity index is 833. The lowest BCUT2D eigenvalue weighted by molar-refractivity contribution is 0.333. The minimum Gasteiger partial charge on any atom is -0.492 e. The quantitative estimate of drug-likeness (QED) is 0.695. The number of aryl methyl sites for hydroxylation is 2. The first-order valence-electron chi connectivity index (χ1n) is 7.60. The highest BCUT2D eigenvalue weighted by Crippen LogP contribution is 2.17. The fraction of sp³-hybridized carbons (Fsp3) is 0.235. The molecule has 0 saturated carbocycles. The molecular formula is C17H18ClN5O.